The molecule has 0 heterocycles. The van der Waals surface area contributed by atoms with Crippen LogP contribution in [0.1, 0.15) is 41.6 Å². The zero-order valence-corrected chi connectivity index (χ0v) is 17.9. The van der Waals surface area contributed by atoms with Crippen LogP contribution in [0.15, 0.2) is 60.8 Å². The van der Waals surface area contributed by atoms with Crippen LogP contribution in [0, 0.1) is 0 Å². The van der Waals surface area contributed by atoms with Crippen molar-refractivity contribution in [3.8, 4) is 0 Å². The van der Waals surface area contributed by atoms with E-state index in [1.165, 1.54) is 0 Å². The molecule has 0 aromatic heterocycles. The smallest absolute Gasteiger partial charge is 0.329 e. The quantitative estimate of drug-likeness (QED) is 0.318. The summed E-state index contributed by atoms with van der Waals surface area (Å²) in [4.78, 5) is 12.6. The molecule has 0 bridgehead atoms. The molecule has 0 aliphatic carbocycles. The standard InChI is InChI=1S/C22H25FINO2/c1-22(2,3)27-21(26)19(25-13-12-16-8-5-4-6-9-16)15-17-10-7-11-18(14-17)20(23)24/h4-14,19-20,25H,15H2,1-3H3/b13-12-/t19-,20-/m0/s1. The van der Waals surface area contributed by atoms with Gasteiger partial charge >= 0.3 is 5.97 Å². The second-order valence-corrected chi connectivity index (χ2v) is 8.34. The Hall–Kier alpha value is -1.89. The highest BCUT2D eigenvalue weighted by atomic mass is 127. The predicted molar refractivity (Wildman–Crippen MR) is 116 cm³/mol. The van der Waals surface area contributed by atoms with Gasteiger partial charge < -0.3 is 10.1 Å². The average molecular weight is 481 g/mol. The van der Waals surface area contributed by atoms with Gasteiger partial charge in [-0.25, -0.2) is 9.18 Å². The molecule has 0 aliphatic heterocycles. The molecule has 0 amide bonds. The molecule has 0 unspecified atom stereocenters. The summed E-state index contributed by atoms with van der Waals surface area (Å²) < 4.78 is 18.1. The van der Waals surface area contributed by atoms with E-state index in [1.54, 1.807) is 40.9 Å². The first kappa shape index (κ1) is 21.4. The molecule has 1 N–H and O–H groups in total. The first-order valence-electron chi connectivity index (χ1n) is 8.82. The average Bonchev–Trinajstić information content (AvgIpc) is 2.60. The van der Waals surface area contributed by atoms with Crippen molar-refractivity contribution in [2.24, 2.45) is 0 Å². The van der Waals surface area contributed by atoms with Crippen LogP contribution in [0.3, 0.4) is 0 Å². The van der Waals surface area contributed by atoms with Gasteiger partial charge in [0.15, 0.2) is 4.18 Å². The number of halogens is 2. The topological polar surface area (TPSA) is 38.3 Å². The Morgan fingerprint density at radius 2 is 1.89 bits per heavy atom. The zero-order chi connectivity index (χ0) is 19.9. The van der Waals surface area contributed by atoms with Crippen molar-refractivity contribution in [1.82, 2.24) is 5.32 Å². The molecule has 0 aliphatic rings. The van der Waals surface area contributed by atoms with Crippen LogP contribution in [0.2, 0.25) is 0 Å². The molecule has 3 nitrogen and oxygen atoms in total. The highest BCUT2D eigenvalue weighted by Crippen LogP contribution is 2.25. The lowest BCUT2D eigenvalue weighted by atomic mass is 10.0. The van der Waals surface area contributed by atoms with Crippen molar-refractivity contribution in [3.63, 3.8) is 0 Å². The number of ether oxygens (including phenoxy) is 1. The van der Waals surface area contributed by atoms with E-state index in [4.69, 9.17) is 4.74 Å². The normalized spacial score (nSPS) is 14.0. The van der Waals surface area contributed by atoms with Gasteiger partial charge in [-0.15, -0.1) is 0 Å². The van der Waals surface area contributed by atoms with Crippen LogP contribution >= 0.6 is 22.6 Å². The van der Waals surface area contributed by atoms with Crippen LogP contribution in [-0.4, -0.2) is 17.6 Å². The number of benzene rings is 2. The fraction of sp³-hybridized carbons (Fsp3) is 0.318. The van der Waals surface area contributed by atoms with Crippen LogP contribution in [0.25, 0.3) is 6.08 Å². The number of hydrogen-bond donors (Lipinski definition) is 1. The predicted octanol–water partition coefficient (Wildman–Crippen LogP) is 5.60. The maximum absolute atomic E-state index is 13.6. The number of nitrogens with one attached hydrogen (secondary N) is 1. The van der Waals surface area contributed by atoms with Gasteiger partial charge in [-0.05, 0) is 72.3 Å². The first-order chi connectivity index (χ1) is 12.7. The molecule has 2 aromatic carbocycles. The van der Waals surface area contributed by atoms with Crippen LogP contribution in [0.5, 0.6) is 0 Å². The molecule has 2 rings (SSSR count). The zero-order valence-electron chi connectivity index (χ0n) is 15.8. The molecule has 144 valence electrons. The number of esters is 1. The molecular formula is C22H25FINO2. The fourth-order valence-electron chi connectivity index (χ4n) is 2.50. The lowest BCUT2D eigenvalue weighted by Gasteiger charge is -2.24. The SMILES string of the molecule is CC(C)(C)OC(=O)[C@H](Cc1cccc([C@@H](F)I)c1)N/C=C\c1ccccc1. The number of carbonyl (C=O) groups is 1. The van der Waals surface area contributed by atoms with Gasteiger partial charge in [-0.1, -0.05) is 54.6 Å². The van der Waals surface area contributed by atoms with E-state index in [2.05, 4.69) is 5.32 Å². The van der Waals surface area contributed by atoms with Crippen molar-refractivity contribution in [2.75, 3.05) is 0 Å². The Bertz CT molecular complexity index is 769. The molecule has 2 atom stereocenters. The van der Waals surface area contributed by atoms with Gasteiger partial charge in [0.2, 0.25) is 0 Å². The van der Waals surface area contributed by atoms with Gasteiger partial charge in [0, 0.05) is 6.42 Å². The first-order valence-corrected chi connectivity index (χ1v) is 10.1. The Morgan fingerprint density at radius 1 is 1.19 bits per heavy atom. The Morgan fingerprint density at radius 3 is 2.52 bits per heavy atom. The van der Waals surface area contributed by atoms with Gasteiger partial charge in [0.1, 0.15) is 11.6 Å². The summed E-state index contributed by atoms with van der Waals surface area (Å²) in [5.41, 5.74) is 1.92. The van der Waals surface area contributed by atoms with Gasteiger partial charge in [-0.3, -0.25) is 0 Å². The van der Waals surface area contributed by atoms with Crippen molar-refractivity contribution in [1.29, 1.82) is 0 Å². The summed E-state index contributed by atoms with van der Waals surface area (Å²) in [7, 11) is 0. The monoisotopic (exact) mass is 481 g/mol. The molecule has 0 saturated carbocycles. The van der Waals surface area contributed by atoms with E-state index in [-0.39, 0.29) is 5.97 Å². The summed E-state index contributed by atoms with van der Waals surface area (Å²) in [6, 6.07) is 16.5. The maximum atomic E-state index is 13.6. The van der Waals surface area contributed by atoms with E-state index in [1.807, 2.05) is 69.3 Å². The number of rotatable bonds is 7. The third-order valence-corrected chi connectivity index (χ3v) is 4.43. The van der Waals surface area contributed by atoms with Crippen LogP contribution < -0.4 is 5.32 Å². The Balaban J connectivity index is 2.15. The highest BCUT2D eigenvalue weighted by molar-refractivity contribution is 14.1. The number of carbonyl (C=O) groups excluding carboxylic acids is 1. The molecule has 5 heteroatoms. The van der Waals surface area contributed by atoms with Crippen molar-refractivity contribution in [2.45, 2.75) is 43.0 Å². The molecule has 0 saturated heterocycles. The number of alkyl halides is 2. The van der Waals surface area contributed by atoms with E-state index < -0.39 is 15.8 Å². The highest BCUT2D eigenvalue weighted by Gasteiger charge is 2.24. The Kier molecular flexibility index (Phi) is 7.83. The minimum atomic E-state index is -1.08. The van der Waals surface area contributed by atoms with E-state index >= 15 is 0 Å². The van der Waals surface area contributed by atoms with Crippen LogP contribution in [-0.2, 0) is 16.0 Å². The summed E-state index contributed by atoms with van der Waals surface area (Å²) >= 11 is 1.73. The Labute approximate surface area is 174 Å². The summed E-state index contributed by atoms with van der Waals surface area (Å²) in [6.07, 6.45) is 4.06. The summed E-state index contributed by atoms with van der Waals surface area (Å²) in [5, 5.41) is 3.14. The molecule has 2 aromatic rings. The third kappa shape index (κ3) is 7.71. The second-order valence-electron chi connectivity index (χ2n) is 7.25. The largest absolute Gasteiger partial charge is 0.458 e. The third-order valence-electron chi connectivity index (χ3n) is 3.71. The van der Waals surface area contributed by atoms with Gasteiger partial charge in [0.05, 0.1) is 0 Å². The van der Waals surface area contributed by atoms with E-state index in [9.17, 15) is 9.18 Å². The molecule has 0 radical (unpaired) electrons. The molecule has 27 heavy (non-hydrogen) atoms. The minimum Gasteiger partial charge on any atom is -0.458 e. The van der Waals surface area contributed by atoms with Crippen molar-refractivity contribution in [3.05, 3.63) is 77.5 Å². The van der Waals surface area contributed by atoms with Gasteiger partial charge in [-0.2, -0.15) is 0 Å². The number of hydrogen-bond acceptors (Lipinski definition) is 3. The lowest BCUT2D eigenvalue weighted by molar-refractivity contribution is -0.157. The van der Waals surface area contributed by atoms with E-state index in [0.717, 1.165) is 11.1 Å². The molecule has 0 fully saturated rings. The van der Waals surface area contributed by atoms with Crippen molar-refractivity contribution < 1.29 is 13.9 Å². The lowest BCUT2D eigenvalue weighted by Crippen LogP contribution is -2.40. The minimum absolute atomic E-state index is 0.336. The molecular weight excluding hydrogens is 456 g/mol. The molecule has 0 spiro atoms. The fourth-order valence-corrected chi connectivity index (χ4v) is 2.89. The van der Waals surface area contributed by atoms with Gasteiger partial charge in [0.25, 0.3) is 0 Å². The second kappa shape index (κ2) is 9.88. The van der Waals surface area contributed by atoms with E-state index in [0.29, 0.717) is 12.0 Å². The van der Waals surface area contributed by atoms with Crippen LogP contribution in [0.4, 0.5) is 4.39 Å². The van der Waals surface area contributed by atoms with Crippen molar-refractivity contribution >= 4 is 34.6 Å². The maximum Gasteiger partial charge on any atom is 0.329 e. The summed E-state index contributed by atoms with van der Waals surface area (Å²) in [6.45, 7) is 5.52. The summed E-state index contributed by atoms with van der Waals surface area (Å²) in [5.74, 6) is -0.336.